The Labute approximate surface area is 123 Å². The summed E-state index contributed by atoms with van der Waals surface area (Å²) in [6.07, 6.45) is 3.15. The van der Waals surface area contributed by atoms with E-state index in [0.717, 1.165) is 30.2 Å². The molecule has 1 amide bonds. The second-order valence-corrected chi connectivity index (χ2v) is 5.42. The molecule has 5 nitrogen and oxygen atoms in total. The van der Waals surface area contributed by atoms with E-state index in [2.05, 4.69) is 16.9 Å². The number of carbonyl (C=O) groups excluding carboxylic acids is 1. The maximum atomic E-state index is 11.8. The Hall–Kier alpha value is -1.40. The lowest BCUT2D eigenvalue weighted by Gasteiger charge is -2.19. The lowest BCUT2D eigenvalue weighted by molar-refractivity contribution is -0.115. The summed E-state index contributed by atoms with van der Waals surface area (Å²) in [5.74, 6) is 2.47. The standard InChI is InChI=1S/C14H20N2O3S/c1-20-8-2-5-15-10-14(17)16-11-3-4-12-13(9-11)19-7-6-18-12/h3-4,9,15H,2,5-8,10H2,1H3,(H,16,17). The van der Waals surface area contributed by atoms with Crippen molar-refractivity contribution in [1.82, 2.24) is 5.32 Å². The van der Waals surface area contributed by atoms with Gasteiger partial charge in [-0.25, -0.2) is 0 Å². The predicted octanol–water partition coefficient (Wildman–Crippen LogP) is 1.74. The average Bonchev–Trinajstić information content (AvgIpc) is 2.47. The van der Waals surface area contributed by atoms with Crippen LogP contribution in [0.5, 0.6) is 11.5 Å². The second-order valence-electron chi connectivity index (χ2n) is 4.43. The molecule has 2 rings (SSSR count). The molecule has 110 valence electrons. The van der Waals surface area contributed by atoms with Gasteiger partial charge in [-0.05, 0) is 37.1 Å². The minimum atomic E-state index is -0.0502. The maximum Gasteiger partial charge on any atom is 0.238 e. The quantitative estimate of drug-likeness (QED) is 0.751. The van der Waals surface area contributed by atoms with Gasteiger partial charge in [-0.15, -0.1) is 0 Å². The van der Waals surface area contributed by atoms with Crippen molar-refractivity contribution in [3.05, 3.63) is 18.2 Å². The molecule has 6 heteroatoms. The van der Waals surface area contributed by atoms with Crippen molar-refractivity contribution >= 4 is 23.4 Å². The lowest BCUT2D eigenvalue weighted by atomic mass is 10.2. The molecule has 0 radical (unpaired) electrons. The van der Waals surface area contributed by atoms with Crippen LogP contribution in [0.2, 0.25) is 0 Å². The highest BCUT2D eigenvalue weighted by Gasteiger charge is 2.12. The SMILES string of the molecule is CSCCCNCC(=O)Nc1ccc2c(c1)OCCO2. The van der Waals surface area contributed by atoms with Crippen LogP contribution in [0.4, 0.5) is 5.69 Å². The van der Waals surface area contributed by atoms with E-state index in [1.165, 1.54) is 0 Å². The first-order valence-corrected chi connectivity index (χ1v) is 8.08. The molecule has 0 saturated carbocycles. The Morgan fingerprint density at radius 2 is 2.10 bits per heavy atom. The van der Waals surface area contributed by atoms with Crippen molar-refractivity contribution in [2.75, 3.05) is 43.6 Å². The normalized spacial score (nSPS) is 13.1. The molecule has 20 heavy (non-hydrogen) atoms. The number of hydrogen-bond donors (Lipinski definition) is 2. The van der Waals surface area contributed by atoms with E-state index in [9.17, 15) is 4.79 Å². The third-order valence-corrected chi connectivity index (χ3v) is 3.51. The first kappa shape index (κ1) is 15.0. The number of thioether (sulfide) groups is 1. The van der Waals surface area contributed by atoms with E-state index < -0.39 is 0 Å². The predicted molar refractivity (Wildman–Crippen MR) is 81.9 cm³/mol. The molecule has 1 heterocycles. The molecule has 1 aliphatic rings. The van der Waals surface area contributed by atoms with Gasteiger partial charge < -0.3 is 20.1 Å². The average molecular weight is 296 g/mol. The first-order valence-electron chi connectivity index (χ1n) is 6.69. The van der Waals surface area contributed by atoms with E-state index in [0.29, 0.717) is 25.5 Å². The highest BCUT2D eigenvalue weighted by molar-refractivity contribution is 7.98. The molecule has 0 aromatic heterocycles. The van der Waals surface area contributed by atoms with Crippen LogP contribution >= 0.6 is 11.8 Å². The van der Waals surface area contributed by atoms with Crippen molar-refractivity contribution in [3.8, 4) is 11.5 Å². The minimum absolute atomic E-state index is 0.0502. The number of amides is 1. The molecule has 2 N–H and O–H groups in total. The number of rotatable bonds is 7. The smallest absolute Gasteiger partial charge is 0.238 e. The molecular weight excluding hydrogens is 276 g/mol. The first-order chi connectivity index (χ1) is 9.79. The molecule has 0 saturated heterocycles. The van der Waals surface area contributed by atoms with Crippen molar-refractivity contribution in [2.24, 2.45) is 0 Å². The zero-order valence-electron chi connectivity index (χ0n) is 11.6. The van der Waals surface area contributed by atoms with Crippen LogP contribution in [-0.2, 0) is 4.79 Å². The molecular formula is C14H20N2O3S. The van der Waals surface area contributed by atoms with Gasteiger partial charge in [-0.2, -0.15) is 11.8 Å². The highest BCUT2D eigenvalue weighted by atomic mass is 32.2. The van der Waals surface area contributed by atoms with Gasteiger partial charge in [0.15, 0.2) is 11.5 Å². The molecule has 0 spiro atoms. The van der Waals surface area contributed by atoms with Crippen LogP contribution < -0.4 is 20.1 Å². The largest absolute Gasteiger partial charge is 0.486 e. The van der Waals surface area contributed by atoms with Crippen LogP contribution in [0.3, 0.4) is 0 Å². The molecule has 1 aromatic carbocycles. The fourth-order valence-corrected chi connectivity index (χ4v) is 2.30. The summed E-state index contributed by atoms with van der Waals surface area (Å²) >= 11 is 1.81. The van der Waals surface area contributed by atoms with Crippen LogP contribution in [0.1, 0.15) is 6.42 Å². The van der Waals surface area contributed by atoms with E-state index in [-0.39, 0.29) is 5.91 Å². The summed E-state index contributed by atoms with van der Waals surface area (Å²) in [7, 11) is 0. The number of ether oxygens (including phenoxy) is 2. The zero-order chi connectivity index (χ0) is 14.2. The third-order valence-electron chi connectivity index (χ3n) is 2.81. The monoisotopic (exact) mass is 296 g/mol. The fraction of sp³-hybridized carbons (Fsp3) is 0.500. The van der Waals surface area contributed by atoms with Crippen LogP contribution in [0, 0.1) is 0 Å². The molecule has 0 fully saturated rings. The Balaban J connectivity index is 1.76. The Morgan fingerprint density at radius 3 is 2.90 bits per heavy atom. The van der Waals surface area contributed by atoms with Gasteiger partial charge in [0.05, 0.1) is 6.54 Å². The topological polar surface area (TPSA) is 59.6 Å². The van der Waals surface area contributed by atoms with E-state index in [1.807, 2.05) is 23.9 Å². The summed E-state index contributed by atoms with van der Waals surface area (Å²) in [6.45, 7) is 2.29. The summed E-state index contributed by atoms with van der Waals surface area (Å²) in [5.41, 5.74) is 0.727. The van der Waals surface area contributed by atoms with E-state index in [1.54, 1.807) is 6.07 Å². The summed E-state index contributed by atoms with van der Waals surface area (Å²) in [5, 5.41) is 5.96. The van der Waals surface area contributed by atoms with Crippen LogP contribution in [-0.4, -0.2) is 44.2 Å². The maximum absolute atomic E-state index is 11.8. The number of anilines is 1. The highest BCUT2D eigenvalue weighted by Crippen LogP contribution is 2.32. The number of hydrogen-bond acceptors (Lipinski definition) is 5. The van der Waals surface area contributed by atoms with Gasteiger partial charge in [0.1, 0.15) is 13.2 Å². The molecule has 1 aliphatic heterocycles. The Bertz CT molecular complexity index is 454. The van der Waals surface area contributed by atoms with E-state index >= 15 is 0 Å². The zero-order valence-corrected chi connectivity index (χ0v) is 12.4. The Kier molecular flexibility index (Phi) is 6.01. The summed E-state index contributed by atoms with van der Waals surface area (Å²) in [4.78, 5) is 11.8. The van der Waals surface area contributed by atoms with Crippen LogP contribution in [0.15, 0.2) is 18.2 Å². The number of carbonyl (C=O) groups is 1. The van der Waals surface area contributed by atoms with Gasteiger partial charge in [0.25, 0.3) is 0 Å². The van der Waals surface area contributed by atoms with Gasteiger partial charge in [-0.3, -0.25) is 4.79 Å². The molecule has 0 aliphatic carbocycles. The van der Waals surface area contributed by atoms with Gasteiger partial charge in [0.2, 0.25) is 5.91 Å². The van der Waals surface area contributed by atoms with Crippen molar-refractivity contribution in [3.63, 3.8) is 0 Å². The molecule has 0 bridgehead atoms. The van der Waals surface area contributed by atoms with Crippen molar-refractivity contribution in [1.29, 1.82) is 0 Å². The number of fused-ring (bicyclic) bond motifs is 1. The van der Waals surface area contributed by atoms with Crippen LogP contribution in [0.25, 0.3) is 0 Å². The van der Waals surface area contributed by atoms with Crippen molar-refractivity contribution in [2.45, 2.75) is 6.42 Å². The molecule has 0 atom stereocenters. The second kappa shape index (κ2) is 8.01. The molecule has 1 aromatic rings. The number of nitrogens with one attached hydrogen (secondary N) is 2. The van der Waals surface area contributed by atoms with Gasteiger partial charge >= 0.3 is 0 Å². The summed E-state index contributed by atoms with van der Waals surface area (Å²) < 4.78 is 10.9. The summed E-state index contributed by atoms with van der Waals surface area (Å²) in [6, 6.07) is 5.43. The third kappa shape index (κ3) is 4.61. The van der Waals surface area contributed by atoms with Gasteiger partial charge in [-0.1, -0.05) is 0 Å². The Morgan fingerprint density at radius 1 is 1.30 bits per heavy atom. The lowest BCUT2D eigenvalue weighted by Crippen LogP contribution is -2.29. The minimum Gasteiger partial charge on any atom is -0.486 e. The van der Waals surface area contributed by atoms with Gasteiger partial charge in [0, 0.05) is 11.8 Å². The fourth-order valence-electron chi connectivity index (χ4n) is 1.87. The van der Waals surface area contributed by atoms with Crippen molar-refractivity contribution < 1.29 is 14.3 Å². The number of benzene rings is 1. The molecule has 0 unspecified atom stereocenters. The van der Waals surface area contributed by atoms with E-state index in [4.69, 9.17) is 9.47 Å².